The second-order valence-corrected chi connectivity index (χ2v) is 5.43. The van der Waals surface area contributed by atoms with E-state index in [1.54, 1.807) is 0 Å². The maximum Gasteiger partial charge on any atom is 0.416 e. The fraction of sp³-hybridized carbons (Fsp3) is 0.500. The quantitative estimate of drug-likeness (QED) is 0.898. The summed E-state index contributed by atoms with van der Waals surface area (Å²) in [7, 11) is 0. The minimum absolute atomic E-state index is 0.151. The number of rotatable bonds is 3. The third-order valence-electron chi connectivity index (χ3n) is 3.68. The fourth-order valence-corrected chi connectivity index (χ4v) is 2.20. The van der Waals surface area contributed by atoms with Gasteiger partial charge in [0.25, 0.3) is 5.91 Å². The molecular formula is C14H16F3NO2. The predicted octanol–water partition coefficient (Wildman–Crippen LogP) is 2.80. The Hall–Kier alpha value is -1.56. The van der Waals surface area contributed by atoms with Gasteiger partial charge in [0.15, 0.2) is 6.10 Å². The second kappa shape index (κ2) is 5.09. The number of nitrogens with one attached hydrogen (secondary N) is 1. The van der Waals surface area contributed by atoms with Crippen molar-refractivity contribution in [1.29, 1.82) is 0 Å². The fourth-order valence-electron chi connectivity index (χ4n) is 2.20. The SMILES string of the molecule is CC1(NC(=O)C(O)c2ccc(C(F)(F)F)cc2)CCC1. The van der Waals surface area contributed by atoms with Crippen LogP contribution < -0.4 is 5.32 Å². The van der Waals surface area contributed by atoms with Gasteiger partial charge in [-0.3, -0.25) is 4.79 Å². The molecule has 3 nitrogen and oxygen atoms in total. The molecular weight excluding hydrogens is 271 g/mol. The smallest absolute Gasteiger partial charge is 0.378 e. The van der Waals surface area contributed by atoms with Gasteiger partial charge in [0.1, 0.15) is 0 Å². The summed E-state index contributed by atoms with van der Waals surface area (Å²) in [5.74, 6) is -0.577. The van der Waals surface area contributed by atoms with Gasteiger partial charge >= 0.3 is 6.18 Å². The number of hydrogen-bond donors (Lipinski definition) is 2. The molecule has 0 spiro atoms. The largest absolute Gasteiger partial charge is 0.416 e. The van der Waals surface area contributed by atoms with Crippen LogP contribution in [0.15, 0.2) is 24.3 Å². The molecule has 1 saturated carbocycles. The predicted molar refractivity (Wildman–Crippen MR) is 66.8 cm³/mol. The summed E-state index contributed by atoms with van der Waals surface area (Å²) in [5.41, 5.74) is -0.956. The molecule has 2 rings (SSSR count). The number of carbonyl (C=O) groups is 1. The molecule has 1 aliphatic rings. The first kappa shape index (κ1) is 14.8. The molecule has 1 atom stereocenters. The number of hydrogen-bond acceptors (Lipinski definition) is 2. The molecule has 0 bridgehead atoms. The van der Waals surface area contributed by atoms with Crippen molar-refractivity contribution in [2.24, 2.45) is 0 Å². The molecule has 0 saturated heterocycles. The lowest BCUT2D eigenvalue weighted by Crippen LogP contribution is -2.52. The Labute approximate surface area is 114 Å². The maximum atomic E-state index is 12.4. The van der Waals surface area contributed by atoms with Crippen molar-refractivity contribution in [2.75, 3.05) is 0 Å². The number of alkyl halides is 3. The summed E-state index contributed by atoms with van der Waals surface area (Å²) in [5, 5.41) is 12.6. The lowest BCUT2D eigenvalue weighted by Gasteiger charge is -2.39. The van der Waals surface area contributed by atoms with Crippen LogP contribution in [0.3, 0.4) is 0 Å². The highest BCUT2D eigenvalue weighted by atomic mass is 19.4. The third-order valence-corrected chi connectivity index (χ3v) is 3.68. The molecule has 1 fully saturated rings. The van der Waals surface area contributed by atoms with E-state index in [-0.39, 0.29) is 11.1 Å². The standard InChI is InChI=1S/C14H16F3NO2/c1-13(7-2-8-13)18-12(20)11(19)9-3-5-10(6-4-9)14(15,16)17/h3-6,11,19H,2,7-8H2,1H3,(H,18,20). The van der Waals surface area contributed by atoms with Crippen molar-refractivity contribution in [3.05, 3.63) is 35.4 Å². The van der Waals surface area contributed by atoms with E-state index in [4.69, 9.17) is 0 Å². The van der Waals surface area contributed by atoms with E-state index in [9.17, 15) is 23.1 Å². The lowest BCUT2D eigenvalue weighted by atomic mass is 9.78. The Bertz CT molecular complexity index is 492. The zero-order valence-electron chi connectivity index (χ0n) is 11.0. The van der Waals surface area contributed by atoms with Gasteiger partial charge in [0.2, 0.25) is 0 Å². The second-order valence-electron chi connectivity index (χ2n) is 5.43. The molecule has 1 aromatic carbocycles. The third kappa shape index (κ3) is 3.12. The zero-order chi connectivity index (χ0) is 15.0. The zero-order valence-corrected chi connectivity index (χ0v) is 11.0. The van der Waals surface area contributed by atoms with E-state index in [0.29, 0.717) is 0 Å². The first-order chi connectivity index (χ1) is 9.21. The molecule has 1 aliphatic carbocycles. The summed E-state index contributed by atoms with van der Waals surface area (Å²) in [6, 6.07) is 3.96. The molecule has 20 heavy (non-hydrogen) atoms. The van der Waals surface area contributed by atoms with Crippen LogP contribution in [-0.4, -0.2) is 16.6 Å². The average molecular weight is 287 g/mol. The summed E-state index contributed by atoms with van der Waals surface area (Å²) < 4.78 is 37.2. The van der Waals surface area contributed by atoms with Gasteiger partial charge in [-0.15, -0.1) is 0 Å². The van der Waals surface area contributed by atoms with E-state index >= 15 is 0 Å². The molecule has 110 valence electrons. The molecule has 6 heteroatoms. The first-order valence-electron chi connectivity index (χ1n) is 6.39. The highest BCUT2D eigenvalue weighted by Crippen LogP contribution is 2.32. The van der Waals surface area contributed by atoms with Crippen molar-refractivity contribution in [2.45, 2.75) is 44.0 Å². The van der Waals surface area contributed by atoms with Crippen LogP contribution in [0.2, 0.25) is 0 Å². The number of amides is 1. The van der Waals surface area contributed by atoms with Gasteiger partial charge < -0.3 is 10.4 Å². The number of aliphatic hydroxyl groups excluding tert-OH is 1. The van der Waals surface area contributed by atoms with Gasteiger partial charge in [0, 0.05) is 5.54 Å². The van der Waals surface area contributed by atoms with Crippen molar-refractivity contribution < 1.29 is 23.1 Å². The van der Waals surface area contributed by atoms with Gasteiger partial charge in [0.05, 0.1) is 5.56 Å². The molecule has 1 amide bonds. The van der Waals surface area contributed by atoms with Crippen LogP contribution in [0.25, 0.3) is 0 Å². The monoisotopic (exact) mass is 287 g/mol. The summed E-state index contributed by atoms with van der Waals surface area (Å²) in [4.78, 5) is 11.9. The Kier molecular flexibility index (Phi) is 3.77. The molecule has 0 aromatic heterocycles. The molecule has 0 aliphatic heterocycles. The first-order valence-corrected chi connectivity index (χ1v) is 6.39. The molecule has 1 aromatic rings. The highest BCUT2D eigenvalue weighted by molar-refractivity contribution is 5.82. The van der Waals surface area contributed by atoms with Crippen molar-refractivity contribution in [3.63, 3.8) is 0 Å². The highest BCUT2D eigenvalue weighted by Gasteiger charge is 2.35. The summed E-state index contributed by atoms with van der Waals surface area (Å²) in [6.07, 6.45) is -3.16. The van der Waals surface area contributed by atoms with E-state index in [1.807, 2.05) is 6.92 Å². The van der Waals surface area contributed by atoms with Crippen LogP contribution >= 0.6 is 0 Å². The minimum Gasteiger partial charge on any atom is -0.378 e. The summed E-state index contributed by atoms with van der Waals surface area (Å²) >= 11 is 0. The van der Waals surface area contributed by atoms with Crippen LogP contribution in [0, 0.1) is 0 Å². The number of carbonyl (C=O) groups excluding carboxylic acids is 1. The normalized spacial score (nSPS) is 19.1. The van der Waals surface area contributed by atoms with Gasteiger partial charge in [-0.2, -0.15) is 13.2 Å². The van der Waals surface area contributed by atoms with Crippen molar-refractivity contribution in [3.8, 4) is 0 Å². The van der Waals surface area contributed by atoms with E-state index in [0.717, 1.165) is 43.5 Å². The van der Waals surface area contributed by atoms with Crippen LogP contribution in [0.5, 0.6) is 0 Å². The average Bonchev–Trinajstić information content (AvgIpc) is 2.35. The number of aliphatic hydroxyl groups is 1. The Morgan fingerprint density at radius 3 is 2.25 bits per heavy atom. The topological polar surface area (TPSA) is 49.3 Å². The molecule has 1 unspecified atom stereocenters. The van der Waals surface area contributed by atoms with Crippen molar-refractivity contribution >= 4 is 5.91 Å². The van der Waals surface area contributed by atoms with Crippen LogP contribution in [-0.2, 0) is 11.0 Å². The lowest BCUT2D eigenvalue weighted by molar-refractivity contribution is -0.137. The van der Waals surface area contributed by atoms with E-state index in [1.165, 1.54) is 0 Å². The minimum atomic E-state index is -4.43. The van der Waals surface area contributed by atoms with E-state index < -0.39 is 23.8 Å². The van der Waals surface area contributed by atoms with Crippen LogP contribution in [0.4, 0.5) is 13.2 Å². The molecule has 2 N–H and O–H groups in total. The Balaban J connectivity index is 2.05. The van der Waals surface area contributed by atoms with Gasteiger partial charge in [-0.1, -0.05) is 12.1 Å². The Morgan fingerprint density at radius 1 is 1.30 bits per heavy atom. The molecule has 0 radical (unpaired) electrons. The Morgan fingerprint density at radius 2 is 1.85 bits per heavy atom. The van der Waals surface area contributed by atoms with Gasteiger partial charge in [-0.05, 0) is 43.9 Å². The van der Waals surface area contributed by atoms with Crippen molar-refractivity contribution in [1.82, 2.24) is 5.32 Å². The van der Waals surface area contributed by atoms with Gasteiger partial charge in [-0.25, -0.2) is 0 Å². The maximum absolute atomic E-state index is 12.4. The molecule has 0 heterocycles. The summed E-state index contributed by atoms with van der Waals surface area (Å²) in [6.45, 7) is 1.88. The van der Waals surface area contributed by atoms with Crippen LogP contribution in [0.1, 0.15) is 43.4 Å². The number of benzene rings is 1. The number of halogens is 3. The van der Waals surface area contributed by atoms with E-state index in [2.05, 4.69) is 5.32 Å².